The molecule has 0 atom stereocenters. The Hall–Kier alpha value is -5.72. The topological polar surface area (TPSA) is 120 Å². The summed E-state index contributed by atoms with van der Waals surface area (Å²) in [5.41, 5.74) is 2.78. The Bertz CT molecular complexity index is 1860. The predicted octanol–water partition coefficient (Wildman–Crippen LogP) is 7.53. The van der Waals surface area contributed by atoms with Gasteiger partial charge in [0, 0.05) is 21.7 Å². The van der Waals surface area contributed by atoms with Crippen LogP contribution >= 0.6 is 11.6 Å². The number of esters is 1. The number of rotatable bonds is 11. The van der Waals surface area contributed by atoms with Crippen molar-refractivity contribution in [1.29, 1.82) is 5.26 Å². The van der Waals surface area contributed by atoms with E-state index in [2.05, 4.69) is 11.4 Å². The highest BCUT2D eigenvalue weighted by Crippen LogP contribution is 2.42. The van der Waals surface area contributed by atoms with E-state index < -0.39 is 18.5 Å². The molecule has 1 aromatic heterocycles. The number of nitrogens with one attached hydrogen (secondary N) is 1. The molecule has 1 N–H and O–H groups in total. The van der Waals surface area contributed by atoms with Crippen molar-refractivity contribution in [3.63, 3.8) is 0 Å². The number of benzene rings is 4. The largest absolute Gasteiger partial charge is 0.497 e. The van der Waals surface area contributed by atoms with Crippen molar-refractivity contribution in [1.82, 2.24) is 0 Å². The molecule has 0 aliphatic rings. The zero-order valence-corrected chi connectivity index (χ0v) is 25.1. The monoisotopic (exact) mass is 622 g/mol. The molecule has 0 saturated heterocycles. The minimum atomic E-state index is -0.766. The van der Waals surface area contributed by atoms with E-state index in [4.69, 9.17) is 35.0 Å². The molecule has 4 aromatic carbocycles. The lowest BCUT2D eigenvalue weighted by atomic mass is 9.98. The SMILES string of the molecule is COc1ccc(-c2oc(NC(=O)COC(=O)c3ccccc3OCc3ccccc3Cl)c(C#N)c2-c2ccc(OC)cc2)cc1. The van der Waals surface area contributed by atoms with Crippen LogP contribution < -0.4 is 19.5 Å². The van der Waals surface area contributed by atoms with Gasteiger partial charge in [0.15, 0.2) is 6.61 Å². The second-order valence-corrected chi connectivity index (χ2v) is 9.99. The number of anilines is 1. The number of amides is 1. The minimum absolute atomic E-state index is 0.0846. The minimum Gasteiger partial charge on any atom is -0.497 e. The lowest BCUT2D eigenvalue weighted by molar-refractivity contribution is -0.119. The van der Waals surface area contributed by atoms with E-state index in [1.807, 2.05) is 18.2 Å². The molecule has 0 bridgehead atoms. The molecule has 0 unspecified atom stereocenters. The summed E-state index contributed by atoms with van der Waals surface area (Å²) in [6.45, 7) is -0.508. The highest BCUT2D eigenvalue weighted by molar-refractivity contribution is 6.31. The first-order valence-corrected chi connectivity index (χ1v) is 14.1. The lowest BCUT2D eigenvalue weighted by Gasteiger charge is -2.12. The van der Waals surface area contributed by atoms with Crippen molar-refractivity contribution in [3.05, 3.63) is 119 Å². The van der Waals surface area contributed by atoms with Crippen LogP contribution in [0, 0.1) is 11.3 Å². The van der Waals surface area contributed by atoms with Gasteiger partial charge in [0.25, 0.3) is 5.91 Å². The van der Waals surface area contributed by atoms with Gasteiger partial charge in [0.2, 0.25) is 5.88 Å². The Balaban J connectivity index is 1.35. The molecule has 5 rings (SSSR count). The van der Waals surface area contributed by atoms with Crippen LogP contribution in [0.3, 0.4) is 0 Å². The number of methoxy groups -OCH3 is 2. The Morgan fingerprint density at radius 1 is 0.844 bits per heavy atom. The van der Waals surface area contributed by atoms with Crippen LogP contribution in [-0.4, -0.2) is 32.7 Å². The molecule has 10 heteroatoms. The van der Waals surface area contributed by atoms with Gasteiger partial charge in [-0.25, -0.2) is 4.79 Å². The van der Waals surface area contributed by atoms with Crippen LogP contribution in [0.5, 0.6) is 17.2 Å². The smallest absolute Gasteiger partial charge is 0.342 e. The summed E-state index contributed by atoms with van der Waals surface area (Å²) in [6.07, 6.45) is 0. The Labute approximate surface area is 264 Å². The molecule has 0 radical (unpaired) electrons. The van der Waals surface area contributed by atoms with E-state index in [1.54, 1.807) is 87.0 Å². The number of carbonyl (C=O) groups is 2. The number of hydrogen-bond donors (Lipinski definition) is 1. The van der Waals surface area contributed by atoms with Crippen LogP contribution in [0.25, 0.3) is 22.5 Å². The molecule has 1 amide bonds. The molecule has 0 aliphatic carbocycles. The third-order valence-corrected chi connectivity index (χ3v) is 7.15. The summed E-state index contributed by atoms with van der Waals surface area (Å²) >= 11 is 6.22. The average molecular weight is 623 g/mol. The van der Waals surface area contributed by atoms with Gasteiger partial charge in [-0.2, -0.15) is 5.26 Å². The summed E-state index contributed by atoms with van der Waals surface area (Å²) in [7, 11) is 3.12. The first-order chi connectivity index (χ1) is 21.9. The molecule has 0 fully saturated rings. The van der Waals surface area contributed by atoms with E-state index in [0.717, 1.165) is 5.56 Å². The molecular formula is C35H27ClN2O7. The number of furan rings is 1. The first kappa shape index (κ1) is 30.7. The Morgan fingerprint density at radius 3 is 2.11 bits per heavy atom. The quantitative estimate of drug-likeness (QED) is 0.150. The predicted molar refractivity (Wildman–Crippen MR) is 169 cm³/mol. The van der Waals surface area contributed by atoms with Crippen molar-refractivity contribution in [2.75, 3.05) is 26.1 Å². The molecule has 45 heavy (non-hydrogen) atoms. The summed E-state index contributed by atoms with van der Waals surface area (Å²) in [4.78, 5) is 25.9. The fraction of sp³-hybridized carbons (Fsp3) is 0.114. The molecule has 0 spiro atoms. The standard InChI is InChI=1S/C35H27ClN2O7/c1-41-25-15-11-22(12-16-25)32-28(19-37)34(45-33(32)23-13-17-26(42-2)18-14-23)38-31(39)21-44-35(40)27-8-4-6-10-30(27)43-20-24-7-3-5-9-29(24)36/h3-18H,20-21H2,1-2H3,(H,38,39). The lowest BCUT2D eigenvalue weighted by Crippen LogP contribution is -2.21. The number of para-hydroxylation sites is 1. The van der Waals surface area contributed by atoms with Crippen molar-refractivity contribution < 1.29 is 33.0 Å². The number of nitriles is 1. The van der Waals surface area contributed by atoms with Crippen molar-refractivity contribution in [3.8, 4) is 45.8 Å². The maximum atomic E-state index is 13.0. The maximum absolute atomic E-state index is 13.0. The number of nitrogens with zero attached hydrogens (tertiary/aromatic N) is 1. The number of halogens is 1. The summed E-state index contributed by atoms with van der Waals surface area (Å²) in [5.74, 6) is 0.355. The van der Waals surface area contributed by atoms with E-state index in [-0.39, 0.29) is 29.4 Å². The van der Waals surface area contributed by atoms with Gasteiger partial charge in [-0.15, -0.1) is 0 Å². The van der Waals surface area contributed by atoms with Crippen LogP contribution in [-0.2, 0) is 16.1 Å². The van der Waals surface area contributed by atoms with Crippen LogP contribution in [0.2, 0.25) is 5.02 Å². The summed E-state index contributed by atoms with van der Waals surface area (Å²) < 4.78 is 27.7. The summed E-state index contributed by atoms with van der Waals surface area (Å²) in [5, 5.41) is 13.3. The average Bonchev–Trinajstić information content (AvgIpc) is 3.44. The molecule has 226 valence electrons. The zero-order valence-electron chi connectivity index (χ0n) is 24.3. The van der Waals surface area contributed by atoms with E-state index >= 15 is 0 Å². The van der Waals surface area contributed by atoms with Gasteiger partial charge in [0.1, 0.15) is 46.8 Å². The molecule has 0 aliphatic heterocycles. The fourth-order valence-electron chi connectivity index (χ4n) is 4.51. The van der Waals surface area contributed by atoms with Crippen molar-refractivity contribution in [2.24, 2.45) is 0 Å². The van der Waals surface area contributed by atoms with Gasteiger partial charge in [-0.1, -0.05) is 54.1 Å². The second-order valence-electron chi connectivity index (χ2n) is 9.58. The van der Waals surface area contributed by atoms with Gasteiger partial charge in [0.05, 0.1) is 14.2 Å². The second kappa shape index (κ2) is 14.2. The highest BCUT2D eigenvalue weighted by atomic mass is 35.5. The molecule has 5 aromatic rings. The number of hydrogen-bond acceptors (Lipinski definition) is 8. The van der Waals surface area contributed by atoms with Crippen LogP contribution in [0.1, 0.15) is 21.5 Å². The van der Waals surface area contributed by atoms with Crippen LogP contribution in [0.4, 0.5) is 5.88 Å². The number of carbonyl (C=O) groups excluding carboxylic acids is 2. The van der Waals surface area contributed by atoms with Crippen molar-refractivity contribution >= 4 is 29.4 Å². The number of ether oxygens (including phenoxy) is 4. The maximum Gasteiger partial charge on any atom is 0.342 e. The Morgan fingerprint density at radius 2 is 1.47 bits per heavy atom. The fourth-order valence-corrected chi connectivity index (χ4v) is 4.70. The van der Waals surface area contributed by atoms with E-state index in [0.29, 0.717) is 39.0 Å². The highest BCUT2D eigenvalue weighted by Gasteiger charge is 2.25. The van der Waals surface area contributed by atoms with E-state index in [1.165, 1.54) is 6.07 Å². The molecular weight excluding hydrogens is 596 g/mol. The molecule has 9 nitrogen and oxygen atoms in total. The van der Waals surface area contributed by atoms with Gasteiger partial charge in [-0.3, -0.25) is 10.1 Å². The van der Waals surface area contributed by atoms with E-state index in [9.17, 15) is 14.9 Å². The Kier molecular flexibility index (Phi) is 9.67. The molecule has 0 saturated carbocycles. The van der Waals surface area contributed by atoms with Crippen molar-refractivity contribution in [2.45, 2.75) is 6.61 Å². The van der Waals surface area contributed by atoms with Crippen LogP contribution in [0.15, 0.2) is 101 Å². The zero-order chi connectivity index (χ0) is 31.8. The van der Waals surface area contributed by atoms with Gasteiger partial charge < -0.3 is 23.4 Å². The van der Waals surface area contributed by atoms with Gasteiger partial charge >= 0.3 is 5.97 Å². The van der Waals surface area contributed by atoms with Gasteiger partial charge in [-0.05, 0) is 60.2 Å². The molecule has 1 heterocycles. The normalized spacial score (nSPS) is 10.4. The summed E-state index contributed by atoms with van der Waals surface area (Å²) in [6, 6.07) is 30.0. The third kappa shape index (κ3) is 7.09. The third-order valence-electron chi connectivity index (χ3n) is 6.79. The first-order valence-electron chi connectivity index (χ1n) is 13.7.